The minimum Gasteiger partial charge on any atom is -0.395 e. The highest BCUT2D eigenvalue weighted by molar-refractivity contribution is 5.96. The SMILES string of the molecule is Cc1ccc(C(=O)NCC(=O)N(CCO)C2CCC2)cc1. The molecule has 1 aromatic carbocycles. The Labute approximate surface area is 125 Å². The molecule has 2 amide bonds. The Kier molecular flexibility index (Phi) is 5.33. The van der Waals surface area contributed by atoms with Crippen LogP contribution in [0.1, 0.15) is 35.2 Å². The molecule has 0 bridgehead atoms. The van der Waals surface area contributed by atoms with Crippen molar-refractivity contribution in [3.63, 3.8) is 0 Å². The largest absolute Gasteiger partial charge is 0.395 e. The number of aryl methyl sites for hydroxylation is 1. The zero-order chi connectivity index (χ0) is 15.2. The molecule has 1 aliphatic carbocycles. The third-order valence-electron chi connectivity index (χ3n) is 3.89. The van der Waals surface area contributed by atoms with E-state index in [1.807, 2.05) is 19.1 Å². The van der Waals surface area contributed by atoms with Gasteiger partial charge in [0.05, 0.1) is 13.2 Å². The predicted octanol–water partition coefficient (Wildman–Crippen LogP) is 1.10. The van der Waals surface area contributed by atoms with E-state index in [1.54, 1.807) is 17.0 Å². The first-order chi connectivity index (χ1) is 10.1. The van der Waals surface area contributed by atoms with Crippen LogP contribution in [-0.4, -0.2) is 47.6 Å². The third kappa shape index (κ3) is 4.04. The van der Waals surface area contributed by atoms with E-state index in [2.05, 4.69) is 5.32 Å². The maximum atomic E-state index is 12.2. The lowest BCUT2D eigenvalue weighted by Crippen LogP contribution is -2.49. The number of carbonyl (C=O) groups is 2. The van der Waals surface area contributed by atoms with Gasteiger partial charge in [-0.15, -0.1) is 0 Å². The predicted molar refractivity (Wildman–Crippen MR) is 80.0 cm³/mol. The molecule has 0 radical (unpaired) electrons. The van der Waals surface area contributed by atoms with Gasteiger partial charge in [-0.3, -0.25) is 9.59 Å². The highest BCUT2D eigenvalue weighted by Crippen LogP contribution is 2.24. The summed E-state index contributed by atoms with van der Waals surface area (Å²) < 4.78 is 0. The van der Waals surface area contributed by atoms with Gasteiger partial charge in [-0.2, -0.15) is 0 Å². The fraction of sp³-hybridized carbons (Fsp3) is 0.500. The molecule has 0 atom stereocenters. The first kappa shape index (κ1) is 15.5. The van der Waals surface area contributed by atoms with Crippen molar-refractivity contribution >= 4 is 11.8 Å². The Balaban J connectivity index is 1.87. The molecule has 1 fully saturated rings. The van der Waals surface area contributed by atoms with Crippen LogP contribution >= 0.6 is 0 Å². The number of aliphatic hydroxyl groups is 1. The summed E-state index contributed by atoms with van der Waals surface area (Å²) in [5.74, 6) is -0.380. The van der Waals surface area contributed by atoms with Gasteiger partial charge in [-0.1, -0.05) is 17.7 Å². The van der Waals surface area contributed by atoms with Crippen LogP contribution in [0.5, 0.6) is 0 Å². The van der Waals surface area contributed by atoms with E-state index in [1.165, 1.54) is 0 Å². The molecule has 0 spiro atoms. The Morgan fingerprint density at radius 3 is 2.48 bits per heavy atom. The average Bonchev–Trinajstić information content (AvgIpc) is 2.43. The molecule has 1 aromatic rings. The summed E-state index contributed by atoms with van der Waals surface area (Å²) in [7, 11) is 0. The number of nitrogens with zero attached hydrogens (tertiary/aromatic N) is 1. The second-order valence-corrected chi connectivity index (χ2v) is 5.44. The summed E-state index contributed by atoms with van der Waals surface area (Å²) in [5, 5.41) is 11.7. The molecule has 0 saturated heterocycles. The van der Waals surface area contributed by atoms with Crippen molar-refractivity contribution in [3.05, 3.63) is 35.4 Å². The van der Waals surface area contributed by atoms with Crippen molar-refractivity contribution in [3.8, 4) is 0 Å². The number of hydrogen-bond donors (Lipinski definition) is 2. The van der Waals surface area contributed by atoms with E-state index < -0.39 is 0 Å². The van der Waals surface area contributed by atoms with Gasteiger partial charge in [0.2, 0.25) is 5.91 Å². The van der Waals surface area contributed by atoms with Crippen molar-refractivity contribution in [1.29, 1.82) is 0 Å². The van der Waals surface area contributed by atoms with Crippen LogP contribution < -0.4 is 5.32 Å². The molecule has 0 heterocycles. The lowest BCUT2D eigenvalue weighted by atomic mass is 9.91. The fourth-order valence-electron chi connectivity index (χ4n) is 2.38. The van der Waals surface area contributed by atoms with Crippen molar-refractivity contribution in [2.24, 2.45) is 0 Å². The Bertz CT molecular complexity index is 495. The molecule has 21 heavy (non-hydrogen) atoms. The monoisotopic (exact) mass is 290 g/mol. The summed E-state index contributed by atoms with van der Waals surface area (Å²) in [5.41, 5.74) is 1.63. The van der Waals surface area contributed by atoms with Gasteiger partial charge in [0, 0.05) is 18.2 Å². The van der Waals surface area contributed by atoms with Crippen LogP contribution in [0.2, 0.25) is 0 Å². The lowest BCUT2D eigenvalue weighted by molar-refractivity contribution is -0.134. The van der Waals surface area contributed by atoms with Crippen molar-refractivity contribution in [1.82, 2.24) is 10.2 Å². The van der Waals surface area contributed by atoms with Crippen molar-refractivity contribution < 1.29 is 14.7 Å². The van der Waals surface area contributed by atoms with E-state index in [9.17, 15) is 9.59 Å². The van der Waals surface area contributed by atoms with E-state index in [0.717, 1.165) is 24.8 Å². The second kappa shape index (κ2) is 7.22. The number of nitrogens with one attached hydrogen (secondary N) is 1. The molecule has 0 aromatic heterocycles. The molecule has 5 nitrogen and oxygen atoms in total. The van der Waals surface area contributed by atoms with Gasteiger partial charge in [0.15, 0.2) is 0 Å². The summed E-state index contributed by atoms with van der Waals surface area (Å²) >= 11 is 0. The maximum absolute atomic E-state index is 12.2. The second-order valence-electron chi connectivity index (χ2n) is 5.44. The number of carbonyl (C=O) groups excluding carboxylic acids is 2. The van der Waals surface area contributed by atoms with E-state index in [0.29, 0.717) is 12.1 Å². The molecule has 0 aliphatic heterocycles. The van der Waals surface area contributed by atoms with Gasteiger partial charge in [0.25, 0.3) is 5.91 Å². The van der Waals surface area contributed by atoms with E-state index in [-0.39, 0.29) is 31.0 Å². The highest BCUT2D eigenvalue weighted by Gasteiger charge is 2.28. The first-order valence-corrected chi connectivity index (χ1v) is 7.37. The Hall–Kier alpha value is -1.88. The minimum atomic E-state index is -0.249. The summed E-state index contributed by atoms with van der Waals surface area (Å²) in [6.45, 7) is 2.22. The van der Waals surface area contributed by atoms with Crippen LogP contribution in [-0.2, 0) is 4.79 Å². The molecule has 2 rings (SSSR count). The van der Waals surface area contributed by atoms with Crippen LogP contribution in [0, 0.1) is 6.92 Å². The molecular weight excluding hydrogens is 268 g/mol. The Morgan fingerprint density at radius 2 is 1.95 bits per heavy atom. The standard InChI is InChI=1S/C16H22N2O3/c1-12-5-7-13(8-6-12)16(21)17-11-15(20)18(9-10-19)14-3-2-4-14/h5-8,14,19H,2-4,9-11H2,1H3,(H,17,21). The first-order valence-electron chi connectivity index (χ1n) is 7.37. The van der Waals surface area contributed by atoms with E-state index in [4.69, 9.17) is 5.11 Å². The smallest absolute Gasteiger partial charge is 0.251 e. The third-order valence-corrected chi connectivity index (χ3v) is 3.89. The quantitative estimate of drug-likeness (QED) is 0.824. The molecule has 0 unspecified atom stereocenters. The van der Waals surface area contributed by atoms with Crippen LogP contribution in [0.15, 0.2) is 24.3 Å². The number of benzene rings is 1. The topological polar surface area (TPSA) is 69.6 Å². The number of amides is 2. The maximum Gasteiger partial charge on any atom is 0.251 e. The zero-order valence-electron chi connectivity index (χ0n) is 12.3. The molecule has 1 aliphatic rings. The molecule has 1 saturated carbocycles. The van der Waals surface area contributed by atoms with Crippen LogP contribution in [0.4, 0.5) is 0 Å². The number of rotatable bonds is 6. The normalized spacial score (nSPS) is 14.4. The minimum absolute atomic E-state index is 0.0246. The molecule has 2 N–H and O–H groups in total. The highest BCUT2D eigenvalue weighted by atomic mass is 16.3. The van der Waals surface area contributed by atoms with Crippen molar-refractivity contribution in [2.75, 3.05) is 19.7 Å². The zero-order valence-corrected chi connectivity index (χ0v) is 12.3. The Morgan fingerprint density at radius 1 is 1.29 bits per heavy atom. The van der Waals surface area contributed by atoms with Gasteiger partial charge >= 0.3 is 0 Å². The molecule has 5 heteroatoms. The van der Waals surface area contributed by atoms with Crippen molar-refractivity contribution in [2.45, 2.75) is 32.2 Å². The summed E-state index contributed by atoms with van der Waals surface area (Å²) in [6.07, 6.45) is 3.09. The van der Waals surface area contributed by atoms with Gasteiger partial charge < -0.3 is 15.3 Å². The number of hydrogen-bond acceptors (Lipinski definition) is 3. The fourth-order valence-corrected chi connectivity index (χ4v) is 2.38. The molecular formula is C16H22N2O3. The lowest BCUT2D eigenvalue weighted by Gasteiger charge is -2.37. The molecule has 114 valence electrons. The number of aliphatic hydroxyl groups excluding tert-OH is 1. The van der Waals surface area contributed by atoms with Gasteiger partial charge in [-0.25, -0.2) is 0 Å². The van der Waals surface area contributed by atoms with E-state index >= 15 is 0 Å². The average molecular weight is 290 g/mol. The van der Waals surface area contributed by atoms with Crippen LogP contribution in [0.3, 0.4) is 0 Å². The van der Waals surface area contributed by atoms with Gasteiger partial charge in [0.1, 0.15) is 0 Å². The van der Waals surface area contributed by atoms with Gasteiger partial charge in [-0.05, 0) is 38.3 Å². The summed E-state index contributed by atoms with van der Waals surface area (Å²) in [4.78, 5) is 25.8. The summed E-state index contributed by atoms with van der Waals surface area (Å²) in [6, 6.07) is 7.44. The van der Waals surface area contributed by atoms with Crippen LogP contribution in [0.25, 0.3) is 0 Å².